The van der Waals surface area contributed by atoms with Gasteiger partial charge in [-0.2, -0.15) is 4.79 Å². The standard InChI is InChI=1S/C26H44N4/c1-7-11-16-23(9-3)19-29(20-24(10-4)17-12-8-2)30-22(6)26(27-28-30)25-18-14-13-15-21(25)5/h13-15,18,23-24H,7-12,16-17,19-20H2,1-6H3. The minimum atomic E-state index is 0.708. The maximum Gasteiger partial charge on any atom is 0.118 e. The summed E-state index contributed by atoms with van der Waals surface area (Å²) in [5.41, 5.74) is 4.61. The lowest BCUT2D eigenvalue weighted by Gasteiger charge is -2.32. The van der Waals surface area contributed by atoms with Crippen LogP contribution < -0.4 is 5.01 Å². The van der Waals surface area contributed by atoms with Gasteiger partial charge in [-0.3, -0.25) is 5.01 Å². The summed E-state index contributed by atoms with van der Waals surface area (Å²) < 4.78 is 0. The third-order valence-corrected chi connectivity index (χ3v) is 6.56. The molecule has 0 saturated heterocycles. The zero-order valence-electron chi connectivity index (χ0n) is 20.3. The van der Waals surface area contributed by atoms with Gasteiger partial charge in [0, 0.05) is 18.7 Å². The van der Waals surface area contributed by atoms with Gasteiger partial charge in [0.05, 0.1) is 5.69 Å². The Balaban J connectivity index is 2.32. The molecule has 1 aromatic carbocycles. The highest BCUT2D eigenvalue weighted by atomic mass is 15.7. The van der Waals surface area contributed by atoms with E-state index in [0.29, 0.717) is 11.8 Å². The number of aromatic nitrogens is 3. The van der Waals surface area contributed by atoms with Crippen LogP contribution in [0.4, 0.5) is 0 Å². The SMILES string of the molecule is CCCCC(CC)CN(CC(CC)CCCC)n1nnc(-c2ccccc2C)c1C. The lowest BCUT2D eigenvalue weighted by molar-refractivity contribution is 0.342. The predicted octanol–water partition coefficient (Wildman–Crippen LogP) is 6.93. The average molecular weight is 413 g/mol. The topological polar surface area (TPSA) is 34.0 Å². The van der Waals surface area contributed by atoms with Crippen molar-refractivity contribution in [1.82, 2.24) is 15.1 Å². The van der Waals surface area contributed by atoms with E-state index in [-0.39, 0.29) is 0 Å². The number of nitrogens with zero attached hydrogens (tertiary/aromatic N) is 4. The third kappa shape index (κ3) is 6.58. The Kier molecular flexibility index (Phi) is 10.4. The van der Waals surface area contributed by atoms with E-state index in [1.165, 1.54) is 62.5 Å². The van der Waals surface area contributed by atoms with Gasteiger partial charge in [-0.25, -0.2) is 0 Å². The van der Waals surface area contributed by atoms with Crippen LogP contribution in [0.2, 0.25) is 0 Å². The van der Waals surface area contributed by atoms with E-state index in [2.05, 4.69) is 85.9 Å². The Bertz CT molecular complexity index is 718. The summed E-state index contributed by atoms with van der Waals surface area (Å²) in [7, 11) is 0. The highest BCUT2D eigenvalue weighted by molar-refractivity contribution is 5.65. The number of rotatable bonds is 14. The Morgan fingerprint density at radius 3 is 1.93 bits per heavy atom. The number of benzene rings is 1. The zero-order valence-corrected chi connectivity index (χ0v) is 20.3. The molecule has 2 unspecified atom stereocenters. The van der Waals surface area contributed by atoms with Crippen molar-refractivity contribution in [2.45, 2.75) is 92.9 Å². The van der Waals surface area contributed by atoms with Gasteiger partial charge in [-0.15, -0.1) is 5.10 Å². The maximum atomic E-state index is 4.66. The normalized spacial score (nSPS) is 13.4. The van der Waals surface area contributed by atoms with Crippen molar-refractivity contribution in [3.8, 4) is 11.3 Å². The van der Waals surface area contributed by atoms with E-state index in [0.717, 1.165) is 24.5 Å². The van der Waals surface area contributed by atoms with Crippen molar-refractivity contribution in [1.29, 1.82) is 0 Å². The molecule has 0 spiro atoms. The average Bonchev–Trinajstić information content (AvgIpc) is 3.14. The fourth-order valence-corrected chi connectivity index (χ4v) is 4.34. The van der Waals surface area contributed by atoms with Crippen molar-refractivity contribution in [3.63, 3.8) is 0 Å². The van der Waals surface area contributed by atoms with Crippen LogP contribution in [0, 0.1) is 25.7 Å². The minimum Gasteiger partial charge on any atom is -0.295 e. The monoisotopic (exact) mass is 412 g/mol. The van der Waals surface area contributed by atoms with Crippen molar-refractivity contribution in [2.75, 3.05) is 18.1 Å². The quantitative estimate of drug-likeness (QED) is 0.337. The van der Waals surface area contributed by atoms with Crippen molar-refractivity contribution in [2.24, 2.45) is 11.8 Å². The highest BCUT2D eigenvalue weighted by Crippen LogP contribution is 2.25. The van der Waals surface area contributed by atoms with Crippen molar-refractivity contribution >= 4 is 0 Å². The minimum absolute atomic E-state index is 0.708. The molecule has 2 rings (SSSR count). The van der Waals surface area contributed by atoms with Crippen LogP contribution in [0.15, 0.2) is 24.3 Å². The summed E-state index contributed by atoms with van der Waals surface area (Å²) >= 11 is 0. The fourth-order valence-electron chi connectivity index (χ4n) is 4.34. The first-order valence-corrected chi connectivity index (χ1v) is 12.3. The largest absolute Gasteiger partial charge is 0.295 e. The molecular formula is C26H44N4. The summed E-state index contributed by atoms with van der Waals surface area (Å²) in [5, 5.41) is 11.8. The molecule has 1 heterocycles. The van der Waals surface area contributed by atoms with Gasteiger partial charge >= 0.3 is 0 Å². The van der Waals surface area contributed by atoms with E-state index >= 15 is 0 Å². The fraction of sp³-hybridized carbons (Fsp3) is 0.692. The van der Waals surface area contributed by atoms with E-state index in [9.17, 15) is 0 Å². The van der Waals surface area contributed by atoms with Gasteiger partial charge in [0.2, 0.25) is 0 Å². The Morgan fingerprint density at radius 1 is 0.867 bits per heavy atom. The van der Waals surface area contributed by atoms with Crippen LogP contribution in [-0.2, 0) is 0 Å². The Labute approximate surface area is 185 Å². The van der Waals surface area contributed by atoms with Crippen LogP contribution in [0.1, 0.15) is 90.3 Å². The van der Waals surface area contributed by atoms with E-state index < -0.39 is 0 Å². The number of aryl methyl sites for hydroxylation is 1. The first-order valence-electron chi connectivity index (χ1n) is 12.3. The number of hydrogen-bond donors (Lipinski definition) is 0. The van der Waals surface area contributed by atoms with E-state index in [1.807, 2.05) is 0 Å². The summed E-state index contributed by atoms with van der Waals surface area (Å²) in [5.74, 6) is 1.42. The molecule has 0 aliphatic rings. The predicted molar refractivity (Wildman–Crippen MR) is 129 cm³/mol. The summed E-state index contributed by atoms with van der Waals surface area (Å²) in [6.07, 6.45) is 10.2. The molecule has 2 aromatic rings. The molecule has 0 radical (unpaired) electrons. The second-order valence-corrected chi connectivity index (χ2v) is 8.93. The number of unbranched alkanes of at least 4 members (excludes halogenated alkanes) is 2. The molecule has 1 aromatic heterocycles. The Morgan fingerprint density at radius 2 is 1.43 bits per heavy atom. The molecule has 4 heteroatoms. The first kappa shape index (κ1) is 24.4. The molecule has 0 amide bonds. The summed E-state index contributed by atoms with van der Waals surface area (Å²) in [4.78, 5) is 2.12. The van der Waals surface area contributed by atoms with Gasteiger partial charge < -0.3 is 0 Å². The van der Waals surface area contributed by atoms with Gasteiger partial charge in [-0.05, 0) is 49.3 Å². The Hall–Kier alpha value is -1.84. The van der Waals surface area contributed by atoms with Gasteiger partial charge in [0.1, 0.15) is 5.69 Å². The lowest BCUT2D eigenvalue weighted by Crippen LogP contribution is -2.43. The second-order valence-electron chi connectivity index (χ2n) is 8.93. The van der Waals surface area contributed by atoms with Crippen molar-refractivity contribution < 1.29 is 0 Å². The first-order chi connectivity index (χ1) is 14.5. The van der Waals surface area contributed by atoms with Gasteiger partial charge in [0.15, 0.2) is 0 Å². The molecule has 0 N–H and O–H groups in total. The molecule has 2 atom stereocenters. The molecule has 0 aliphatic carbocycles. The maximum absolute atomic E-state index is 4.66. The molecule has 0 bridgehead atoms. The molecule has 4 nitrogen and oxygen atoms in total. The highest BCUT2D eigenvalue weighted by Gasteiger charge is 2.22. The van der Waals surface area contributed by atoms with E-state index in [4.69, 9.17) is 0 Å². The van der Waals surface area contributed by atoms with Gasteiger partial charge in [0.25, 0.3) is 0 Å². The molecule has 30 heavy (non-hydrogen) atoms. The van der Waals surface area contributed by atoms with Crippen LogP contribution >= 0.6 is 0 Å². The zero-order chi connectivity index (χ0) is 21.9. The molecule has 0 fully saturated rings. The van der Waals surface area contributed by atoms with Crippen LogP contribution in [0.5, 0.6) is 0 Å². The lowest BCUT2D eigenvalue weighted by atomic mass is 9.96. The second kappa shape index (κ2) is 12.8. The van der Waals surface area contributed by atoms with Crippen LogP contribution in [-0.4, -0.2) is 28.2 Å². The third-order valence-electron chi connectivity index (χ3n) is 6.56. The van der Waals surface area contributed by atoms with E-state index in [1.54, 1.807) is 0 Å². The molecule has 0 saturated carbocycles. The summed E-state index contributed by atoms with van der Waals surface area (Å²) in [6, 6.07) is 8.49. The van der Waals surface area contributed by atoms with Crippen LogP contribution in [0.25, 0.3) is 11.3 Å². The molecule has 168 valence electrons. The molecular weight excluding hydrogens is 368 g/mol. The van der Waals surface area contributed by atoms with Crippen LogP contribution in [0.3, 0.4) is 0 Å². The van der Waals surface area contributed by atoms with Crippen molar-refractivity contribution in [3.05, 3.63) is 35.5 Å². The molecule has 0 aliphatic heterocycles. The smallest absolute Gasteiger partial charge is 0.118 e. The number of hydrogen-bond acceptors (Lipinski definition) is 3. The summed E-state index contributed by atoms with van der Waals surface area (Å²) in [6.45, 7) is 15.7. The van der Waals surface area contributed by atoms with Gasteiger partial charge in [-0.1, -0.05) is 90.5 Å².